The lowest BCUT2D eigenvalue weighted by Crippen LogP contribution is -2.13. The van der Waals surface area contributed by atoms with Gasteiger partial charge < -0.3 is 9.47 Å². The molecule has 0 radical (unpaired) electrons. The van der Waals surface area contributed by atoms with Crippen molar-refractivity contribution in [2.24, 2.45) is 0 Å². The zero-order valence-corrected chi connectivity index (χ0v) is 12.9. The first kappa shape index (κ1) is 17.9. The number of unbranched alkanes of at least 4 members (excludes halogenated alkanes) is 9. The second-order valence-corrected chi connectivity index (χ2v) is 5.08. The first-order valence-corrected chi connectivity index (χ1v) is 8.04. The Bertz CT molecular complexity index is 148. The molecule has 0 heterocycles. The quantitative estimate of drug-likeness (QED) is 0.311. The van der Waals surface area contributed by atoms with Crippen LogP contribution in [0.4, 0.5) is 0 Å². The van der Waals surface area contributed by atoms with Gasteiger partial charge in [0.15, 0.2) is 6.29 Å². The molecule has 1 unspecified atom stereocenters. The van der Waals surface area contributed by atoms with Gasteiger partial charge in [-0.1, -0.05) is 64.7 Å². The summed E-state index contributed by atoms with van der Waals surface area (Å²) in [6, 6.07) is 0. The van der Waals surface area contributed by atoms with Crippen molar-refractivity contribution in [3.63, 3.8) is 0 Å². The Morgan fingerprint density at radius 1 is 0.667 bits per heavy atom. The Kier molecular flexibility index (Phi) is 14.9. The minimum Gasteiger partial charge on any atom is -0.353 e. The molecule has 0 aromatic rings. The lowest BCUT2D eigenvalue weighted by molar-refractivity contribution is -0.127. The standard InChI is InChI=1S/C16H34O2/c1-4-6-7-8-9-10-11-12-13-14-15-18-16(3)17-5-2/h16H,4-15H2,1-3H3. The van der Waals surface area contributed by atoms with Gasteiger partial charge >= 0.3 is 0 Å². The first-order chi connectivity index (χ1) is 8.81. The molecular weight excluding hydrogens is 224 g/mol. The molecule has 0 saturated carbocycles. The summed E-state index contributed by atoms with van der Waals surface area (Å²) in [6.07, 6.45) is 13.7. The van der Waals surface area contributed by atoms with E-state index in [1.54, 1.807) is 0 Å². The van der Waals surface area contributed by atoms with E-state index in [0.29, 0.717) is 0 Å². The molecule has 0 amide bonds. The topological polar surface area (TPSA) is 18.5 Å². The van der Waals surface area contributed by atoms with Crippen molar-refractivity contribution in [3.05, 3.63) is 0 Å². The van der Waals surface area contributed by atoms with Crippen LogP contribution in [0.2, 0.25) is 0 Å². The van der Waals surface area contributed by atoms with Crippen LogP contribution in [0.25, 0.3) is 0 Å². The highest BCUT2D eigenvalue weighted by atomic mass is 16.7. The Labute approximate surface area is 114 Å². The highest BCUT2D eigenvalue weighted by Gasteiger charge is 1.99. The van der Waals surface area contributed by atoms with Crippen molar-refractivity contribution in [1.82, 2.24) is 0 Å². The van der Waals surface area contributed by atoms with Crippen LogP contribution in [-0.2, 0) is 9.47 Å². The van der Waals surface area contributed by atoms with Crippen LogP contribution in [0.15, 0.2) is 0 Å². The molecular formula is C16H34O2. The van der Waals surface area contributed by atoms with Crippen LogP contribution in [0.1, 0.15) is 85.0 Å². The third-order valence-electron chi connectivity index (χ3n) is 3.25. The summed E-state index contributed by atoms with van der Waals surface area (Å²) in [7, 11) is 0. The van der Waals surface area contributed by atoms with Crippen molar-refractivity contribution in [1.29, 1.82) is 0 Å². The molecule has 0 bridgehead atoms. The van der Waals surface area contributed by atoms with E-state index in [1.807, 2.05) is 13.8 Å². The lowest BCUT2D eigenvalue weighted by atomic mass is 10.1. The van der Waals surface area contributed by atoms with Crippen LogP contribution < -0.4 is 0 Å². The van der Waals surface area contributed by atoms with E-state index in [2.05, 4.69) is 6.92 Å². The summed E-state index contributed by atoms with van der Waals surface area (Å²) < 4.78 is 10.8. The van der Waals surface area contributed by atoms with Crippen molar-refractivity contribution in [2.45, 2.75) is 91.3 Å². The Morgan fingerprint density at radius 2 is 1.17 bits per heavy atom. The second kappa shape index (κ2) is 15.0. The molecule has 2 heteroatoms. The number of hydrogen-bond acceptors (Lipinski definition) is 2. The van der Waals surface area contributed by atoms with Gasteiger partial charge in [0.1, 0.15) is 0 Å². The molecule has 0 spiro atoms. The maximum absolute atomic E-state index is 5.53. The number of ether oxygens (including phenoxy) is 2. The Morgan fingerprint density at radius 3 is 1.67 bits per heavy atom. The lowest BCUT2D eigenvalue weighted by Gasteiger charge is -2.12. The van der Waals surface area contributed by atoms with Gasteiger partial charge in [-0.2, -0.15) is 0 Å². The van der Waals surface area contributed by atoms with Gasteiger partial charge in [0.2, 0.25) is 0 Å². The molecule has 1 atom stereocenters. The molecule has 0 aromatic carbocycles. The molecule has 110 valence electrons. The fraction of sp³-hybridized carbons (Fsp3) is 1.00. The maximum Gasteiger partial charge on any atom is 0.154 e. The van der Waals surface area contributed by atoms with Crippen LogP contribution in [0.3, 0.4) is 0 Å². The molecule has 0 aliphatic rings. The molecule has 18 heavy (non-hydrogen) atoms. The molecule has 0 aliphatic heterocycles. The monoisotopic (exact) mass is 258 g/mol. The molecule has 0 saturated heterocycles. The fourth-order valence-corrected chi connectivity index (χ4v) is 2.12. The largest absolute Gasteiger partial charge is 0.353 e. The number of hydrogen-bond donors (Lipinski definition) is 0. The highest BCUT2D eigenvalue weighted by molar-refractivity contribution is 4.47. The van der Waals surface area contributed by atoms with Crippen molar-refractivity contribution < 1.29 is 9.47 Å². The summed E-state index contributed by atoms with van der Waals surface area (Å²) in [5.74, 6) is 0. The van der Waals surface area contributed by atoms with Crippen LogP contribution in [-0.4, -0.2) is 19.5 Å². The smallest absolute Gasteiger partial charge is 0.154 e. The summed E-state index contributed by atoms with van der Waals surface area (Å²) in [5.41, 5.74) is 0. The normalized spacial score (nSPS) is 12.8. The van der Waals surface area contributed by atoms with Crippen LogP contribution in [0.5, 0.6) is 0 Å². The van der Waals surface area contributed by atoms with Crippen LogP contribution in [0, 0.1) is 0 Å². The summed E-state index contributed by atoms with van der Waals surface area (Å²) in [5, 5.41) is 0. The zero-order chi connectivity index (χ0) is 13.5. The van der Waals surface area contributed by atoms with Crippen LogP contribution >= 0.6 is 0 Å². The third-order valence-corrected chi connectivity index (χ3v) is 3.25. The minimum absolute atomic E-state index is 0.0337. The highest BCUT2D eigenvalue weighted by Crippen LogP contribution is 2.10. The minimum atomic E-state index is -0.0337. The first-order valence-electron chi connectivity index (χ1n) is 8.04. The Balaban J connectivity index is 2.98. The Hall–Kier alpha value is -0.0800. The third kappa shape index (κ3) is 14.0. The molecule has 0 rings (SSSR count). The molecule has 0 N–H and O–H groups in total. The van der Waals surface area contributed by atoms with Gasteiger partial charge in [0.05, 0.1) is 0 Å². The van der Waals surface area contributed by atoms with E-state index in [-0.39, 0.29) is 6.29 Å². The molecule has 0 aromatic heterocycles. The molecule has 0 fully saturated rings. The van der Waals surface area contributed by atoms with E-state index < -0.39 is 0 Å². The second-order valence-electron chi connectivity index (χ2n) is 5.08. The van der Waals surface area contributed by atoms with Crippen molar-refractivity contribution >= 4 is 0 Å². The summed E-state index contributed by atoms with van der Waals surface area (Å²) in [4.78, 5) is 0. The zero-order valence-electron chi connectivity index (χ0n) is 12.9. The fourth-order valence-electron chi connectivity index (χ4n) is 2.12. The summed E-state index contributed by atoms with van der Waals surface area (Å²) in [6.45, 7) is 7.82. The van der Waals surface area contributed by atoms with Gasteiger partial charge in [-0.05, 0) is 20.3 Å². The van der Waals surface area contributed by atoms with Crippen molar-refractivity contribution in [2.75, 3.05) is 13.2 Å². The van der Waals surface area contributed by atoms with Gasteiger partial charge in [-0.25, -0.2) is 0 Å². The SMILES string of the molecule is CCCCCCCCCCCCOC(C)OCC. The van der Waals surface area contributed by atoms with Gasteiger partial charge in [0, 0.05) is 13.2 Å². The van der Waals surface area contributed by atoms with E-state index in [0.717, 1.165) is 13.2 Å². The van der Waals surface area contributed by atoms with E-state index in [9.17, 15) is 0 Å². The summed E-state index contributed by atoms with van der Waals surface area (Å²) >= 11 is 0. The average Bonchev–Trinajstić information content (AvgIpc) is 2.36. The average molecular weight is 258 g/mol. The molecule has 2 nitrogen and oxygen atoms in total. The van der Waals surface area contributed by atoms with Gasteiger partial charge in [0.25, 0.3) is 0 Å². The predicted molar refractivity (Wildman–Crippen MR) is 78.9 cm³/mol. The van der Waals surface area contributed by atoms with E-state index in [4.69, 9.17) is 9.47 Å². The maximum atomic E-state index is 5.53. The van der Waals surface area contributed by atoms with Crippen molar-refractivity contribution in [3.8, 4) is 0 Å². The predicted octanol–water partition coefficient (Wildman–Crippen LogP) is 5.31. The van der Waals surface area contributed by atoms with Gasteiger partial charge in [-0.3, -0.25) is 0 Å². The number of rotatable bonds is 14. The van der Waals surface area contributed by atoms with Gasteiger partial charge in [-0.15, -0.1) is 0 Å². The molecule has 0 aliphatic carbocycles. The van der Waals surface area contributed by atoms with E-state index >= 15 is 0 Å². The van der Waals surface area contributed by atoms with E-state index in [1.165, 1.54) is 64.2 Å².